The highest BCUT2D eigenvalue weighted by molar-refractivity contribution is 7.14. The van der Waals surface area contributed by atoms with Crippen molar-refractivity contribution in [3.63, 3.8) is 0 Å². The second kappa shape index (κ2) is 9.02. The van der Waals surface area contributed by atoms with Gasteiger partial charge in [0.1, 0.15) is 0 Å². The molecule has 1 aliphatic carbocycles. The number of hydrogen-bond acceptors (Lipinski definition) is 7. The van der Waals surface area contributed by atoms with E-state index in [0.29, 0.717) is 23.8 Å². The highest BCUT2D eigenvalue weighted by Crippen LogP contribution is 2.28. The number of fused-ring (bicyclic) bond motifs is 1. The number of nitrogens with one attached hydrogen (secondary N) is 2. The van der Waals surface area contributed by atoms with E-state index in [9.17, 15) is 9.59 Å². The lowest BCUT2D eigenvalue weighted by Crippen LogP contribution is -2.42. The van der Waals surface area contributed by atoms with Gasteiger partial charge in [0.15, 0.2) is 5.13 Å². The van der Waals surface area contributed by atoms with Crippen LogP contribution in [0.3, 0.4) is 0 Å². The first kappa shape index (κ1) is 19.4. The summed E-state index contributed by atoms with van der Waals surface area (Å²) in [6, 6.07) is 1.97. The molecule has 9 heteroatoms. The molecule has 2 amide bonds. The van der Waals surface area contributed by atoms with E-state index in [1.54, 1.807) is 11.3 Å². The number of morpholine rings is 1. The number of anilines is 1. The number of thiophene rings is 1. The molecule has 7 nitrogen and oxygen atoms in total. The zero-order chi connectivity index (χ0) is 19.3. The zero-order valence-electron chi connectivity index (χ0n) is 15.7. The predicted molar refractivity (Wildman–Crippen MR) is 110 cm³/mol. The van der Waals surface area contributed by atoms with Crippen LogP contribution in [0.2, 0.25) is 0 Å². The van der Waals surface area contributed by atoms with Crippen LogP contribution in [0.4, 0.5) is 5.13 Å². The molecule has 28 heavy (non-hydrogen) atoms. The van der Waals surface area contributed by atoms with Gasteiger partial charge in [-0.25, -0.2) is 4.98 Å². The number of ether oxygens (including phenoxy) is 1. The third-order valence-corrected chi connectivity index (χ3v) is 7.13. The number of thiazole rings is 1. The molecule has 0 spiro atoms. The maximum absolute atomic E-state index is 12.4. The van der Waals surface area contributed by atoms with Crippen LogP contribution in [-0.2, 0) is 28.8 Å². The maximum Gasteiger partial charge on any atom is 0.279 e. The van der Waals surface area contributed by atoms with Gasteiger partial charge in [0, 0.05) is 23.3 Å². The van der Waals surface area contributed by atoms with Gasteiger partial charge in [-0.1, -0.05) is 6.42 Å². The van der Waals surface area contributed by atoms with Crippen molar-refractivity contribution in [2.24, 2.45) is 0 Å². The number of aryl methyl sites for hydroxylation is 2. The van der Waals surface area contributed by atoms with Crippen LogP contribution in [0.25, 0.3) is 0 Å². The van der Waals surface area contributed by atoms with Crippen molar-refractivity contribution in [2.45, 2.75) is 38.5 Å². The lowest BCUT2D eigenvalue weighted by atomic mass is 10.1. The largest absolute Gasteiger partial charge is 0.378 e. The Morgan fingerprint density at radius 3 is 2.82 bits per heavy atom. The van der Waals surface area contributed by atoms with Gasteiger partial charge in [-0.2, -0.15) is 0 Å². The normalized spacial score (nSPS) is 16.9. The van der Waals surface area contributed by atoms with Crippen molar-refractivity contribution in [2.75, 3.05) is 31.2 Å². The molecule has 1 aliphatic heterocycles. The van der Waals surface area contributed by atoms with Crippen LogP contribution in [0.15, 0.2) is 11.4 Å². The quantitative estimate of drug-likeness (QED) is 0.586. The van der Waals surface area contributed by atoms with Crippen molar-refractivity contribution < 1.29 is 14.3 Å². The molecule has 3 heterocycles. The molecular formula is C19H24N4O3S2. The summed E-state index contributed by atoms with van der Waals surface area (Å²) in [5.41, 5.74) is 7.04. The van der Waals surface area contributed by atoms with Crippen molar-refractivity contribution in [3.8, 4) is 0 Å². The number of aromatic nitrogens is 1. The fraction of sp³-hybridized carbons (Fsp3) is 0.526. The van der Waals surface area contributed by atoms with E-state index in [4.69, 9.17) is 4.74 Å². The molecule has 2 aliphatic rings. The molecule has 2 aromatic heterocycles. The number of hydrazine groups is 1. The number of carbonyl (C=O) groups excluding carboxylic acids is 2. The van der Waals surface area contributed by atoms with E-state index in [-0.39, 0.29) is 18.2 Å². The van der Waals surface area contributed by atoms with Crippen molar-refractivity contribution in [3.05, 3.63) is 32.5 Å². The molecule has 2 N–H and O–H groups in total. The maximum atomic E-state index is 12.4. The van der Waals surface area contributed by atoms with Gasteiger partial charge in [0.2, 0.25) is 5.91 Å². The van der Waals surface area contributed by atoms with Crippen LogP contribution in [0, 0.1) is 0 Å². The molecule has 0 radical (unpaired) electrons. The number of carbonyl (C=O) groups is 2. The average molecular weight is 421 g/mol. The third-order valence-electron chi connectivity index (χ3n) is 4.95. The Bertz CT molecular complexity index is 819. The molecule has 1 fully saturated rings. The highest BCUT2D eigenvalue weighted by Gasteiger charge is 2.18. The highest BCUT2D eigenvalue weighted by atomic mass is 32.1. The van der Waals surface area contributed by atoms with Crippen LogP contribution in [0.5, 0.6) is 0 Å². The smallest absolute Gasteiger partial charge is 0.279 e. The first-order chi connectivity index (χ1) is 13.7. The molecule has 150 valence electrons. The molecule has 4 rings (SSSR count). The fourth-order valence-corrected chi connectivity index (χ4v) is 5.48. The topological polar surface area (TPSA) is 83.6 Å². The molecular weight excluding hydrogens is 396 g/mol. The van der Waals surface area contributed by atoms with Crippen molar-refractivity contribution in [1.82, 2.24) is 15.8 Å². The van der Waals surface area contributed by atoms with Crippen molar-refractivity contribution in [1.29, 1.82) is 0 Å². The van der Waals surface area contributed by atoms with Crippen LogP contribution >= 0.6 is 22.7 Å². The van der Waals surface area contributed by atoms with Crippen LogP contribution in [0.1, 0.15) is 45.1 Å². The minimum absolute atomic E-state index is 0.141. The van der Waals surface area contributed by atoms with Gasteiger partial charge >= 0.3 is 0 Å². The summed E-state index contributed by atoms with van der Waals surface area (Å²) in [6.45, 7) is 3.04. The summed E-state index contributed by atoms with van der Waals surface area (Å²) in [6.07, 6.45) is 5.85. The van der Waals surface area contributed by atoms with Crippen LogP contribution < -0.4 is 15.8 Å². The molecule has 0 aromatic carbocycles. The number of nitrogens with zero attached hydrogens (tertiary/aromatic N) is 2. The first-order valence-corrected chi connectivity index (χ1v) is 11.4. The van der Waals surface area contributed by atoms with Gasteiger partial charge in [0.05, 0.1) is 30.2 Å². The SMILES string of the molecule is O=C(Cc1csc(N2CCOCC2)n1)NNC(=O)c1cc2c(s1)CCCCC2. The van der Waals surface area contributed by atoms with E-state index >= 15 is 0 Å². The van der Waals surface area contributed by atoms with E-state index < -0.39 is 0 Å². The zero-order valence-corrected chi connectivity index (χ0v) is 17.3. The van der Waals surface area contributed by atoms with Crippen LogP contribution in [-0.4, -0.2) is 43.1 Å². The molecule has 0 atom stereocenters. The second-order valence-corrected chi connectivity index (χ2v) is 8.99. The van der Waals surface area contributed by atoms with E-state index in [2.05, 4.69) is 20.7 Å². The van der Waals surface area contributed by atoms with Gasteiger partial charge in [-0.05, 0) is 37.3 Å². The summed E-state index contributed by atoms with van der Waals surface area (Å²) in [7, 11) is 0. The van der Waals surface area contributed by atoms with Gasteiger partial charge < -0.3 is 9.64 Å². The summed E-state index contributed by atoms with van der Waals surface area (Å²) >= 11 is 3.07. The Balaban J connectivity index is 1.27. The van der Waals surface area contributed by atoms with Gasteiger partial charge in [-0.15, -0.1) is 22.7 Å². The van der Waals surface area contributed by atoms with Crippen molar-refractivity contribution >= 4 is 39.6 Å². The minimum Gasteiger partial charge on any atom is -0.378 e. The Labute approximate surface area is 172 Å². The Kier molecular flexibility index (Phi) is 6.23. The lowest BCUT2D eigenvalue weighted by Gasteiger charge is -2.26. The average Bonchev–Trinajstić information content (AvgIpc) is 3.29. The summed E-state index contributed by atoms with van der Waals surface area (Å²) in [5, 5.41) is 2.80. The minimum atomic E-state index is -0.273. The standard InChI is InChI=1S/C19H24N4O3S2/c24-17(11-14-12-27-19(20-14)23-6-8-26-9-7-23)21-22-18(25)16-10-13-4-2-1-3-5-15(13)28-16/h10,12H,1-9,11H2,(H,21,24)(H,22,25). The summed E-state index contributed by atoms with van der Waals surface area (Å²) in [5.74, 6) is -0.524. The molecule has 0 unspecified atom stereocenters. The molecule has 2 aromatic rings. The molecule has 0 saturated carbocycles. The number of hydrogen-bond donors (Lipinski definition) is 2. The van der Waals surface area contributed by atoms with E-state index in [1.807, 2.05) is 11.4 Å². The fourth-order valence-electron chi connectivity index (χ4n) is 3.45. The Morgan fingerprint density at radius 1 is 1.14 bits per heavy atom. The first-order valence-electron chi connectivity index (χ1n) is 9.67. The Hall–Kier alpha value is -1.97. The van der Waals surface area contributed by atoms with Gasteiger partial charge in [-0.3, -0.25) is 20.4 Å². The summed E-state index contributed by atoms with van der Waals surface area (Å²) in [4.78, 5) is 33.2. The lowest BCUT2D eigenvalue weighted by molar-refractivity contribution is -0.121. The molecule has 1 saturated heterocycles. The predicted octanol–water partition coefficient (Wildman–Crippen LogP) is 2.31. The number of rotatable bonds is 4. The summed E-state index contributed by atoms with van der Waals surface area (Å²) < 4.78 is 5.35. The monoisotopic (exact) mass is 420 g/mol. The molecule has 0 bridgehead atoms. The Morgan fingerprint density at radius 2 is 1.96 bits per heavy atom. The van der Waals surface area contributed by atoms with Gasteiger partial charge in [0.25, 0.3) is 5.91 Å². The second-order valence-electron chi connectivity index (χ2n) is 7.02. The number of amides is 2. The van der Waals surface area contributed by atoms with E-state index in [0.717, 1.165) is 31.1 Å². The van der Waals surface area contributed by atoms with E-state index in [1.165, 1.54) is 41.0 Å². The third kappa shape index (κ3) is 4.71.